The molecular weight excluding hydrogens is 287 g/mol. The van der Waals surface area contributed by atoms with Crippen LogP contribution in [0.1, 0.15) is 5.89 Å². The highest BCUT2D eigenvalue weighted by molar-refractivity contribution is 5.53. The van der Waals surface area contributed by atoms with Gasteiger partial charge >= 0.3 is 0 Å². The highest BCUT2D eigenvalue weighted by Crippen LogP contribution is 2.22. The van der Waals surface area contributed by atoms with Crippen LogP contribution in [0.5, 0.6) is 11.5 Å². The van der Waals surface area contributed by atoms with E-state index in [2.05, 4.69) is 10.2 Å². The van der Waals surface area contributed by atoms with Crippen molar-refractivity contribution in [2.75, 3.05) is 7.11 Å². The lowest BCUT2D eigenvalue weighted by Crippen LogP contribution is -1.96. The second-order valence-corrected chi connectivity index (χ2v) is 4.45. The lowest BCUT2D eigenvalue weighted by Gasteiger charge is -2.05. The highest BCUT2D eigenvalue weighted by atomic mass is 19.1. The lowest BCUT2D eigenvalue weighted by molar-refractivity contribution is 0.263. The van der Waals surface area contributed by atoms with Gasteiger partial charge in [-0.15, -0.1) is 10.2 Å². The molecule has 0 spiro atoms. The molecule has 0 saturated heterocycles. The van der Waals surface area contributed by atoms with E-state index >= 15 is 0 Å². The van der Waals surface area contributed by atoms with Gasteiger partial charge in [-0.25, -0.2) is 4.39 Å². The molecule has 0 unspecified atom stereocenters. The van der Waals surface area contributed by atoms with Gasteiger partial charge < -0.3 is 13.9 Å². The molecule has 6 heteroatoms. The predicted molar refractivity (Wildman–Crippen MR) is 77.0 cm³/mol. The van der Waals surface area contributed by atoms with Gasteiger partial charge in [0.05, 0.1) is 12.7 Å². The number of benzene rings is 2. The number of halogens is 1. The summed E-state index contributed by atoms with van der Waals surface area (Å²) in [5.41, 5.74) is 0.266. The summed E-state index contributed by atoms with van der Waals surface area (Å²) >= 11 is 0. The molecule has 2 aromatic carbocycles. The van der Waals surface area contributed by atoms with E-state index in [1.807, 2.05) is 12.1 Å². The van der Waals surface area contributed by atoms with Crippen LogP contribution in [0.2, 0.25) is 0 Å². The Hall–Kier alpha value is -2.89. The van der Waals surface area contributed by atoms with E-state index in [-0.39, 0.29) is 24.0 Å². The van der Waals surface area contributed by atoms with Gasteiger partial charge in [-0.05, 0) is 24.3 Å². The van der Waals surface area contributed by atoms with Crippen LogP contribution < -0.4 is 9.47 Å². The van der Waals surface area contributed by atoms with E-state index in [0.29, 0.717) is 11.5 Å². The van der Waals surface area contributed by atoms with Crippen LogP contribution in [0.4, 0.5) is 4.39 Å². The number of rotatable bonds is 5. The van der Waals surface area contributed by atoms with E-state index in [4.69, 9.17) is 13.9 Å². The summed E-state index contributed by atoms with van der Waals surface area (Å²) in [5, 5.41) is 7.68. The lowest BCUT2D eigenvalue weighted by atomic mass is 10.2. The zero-order valence-corrected chi connectivity index (χ0v) is 11.8. The topological polar surface area (TPSA) is 57.4 Å². The number of methoxy groups -OCH3 is 1. The summed E-state index contributed by atoms with van der Waals surface area (Å²) in [6.45, 7) is 0.0919. The van der Waals surface area contributed by atoms with E-state index in [1.54, 1.807) is 37.4 Å². The molecule has 0 aliphatic rings. The first-order valence-electron chi connectivity index (χ1n) is 6.60. The zero-order valence-electron chi connectivity index (χ0n) is 11.8. The van der Waals surface area contributed by atoms with Crippen molar-refractivity contribution in [2.45, 2.75) is 6.61 Å². The summed E-state index contributed by atoms with van der Waals surface area (Å²) in [5.74, 6) is 1.29. The van der Waals surface area contributed by atoms with E-state index in [9.17, 15) is 4.39 Å². The molecule has 0 N–H and O–H groups in total. The zero-order chi connectivity index (χ0) is 15.4. The third-order valence-electron chi connectivity index (χ3n) is 2.97. The smallest absolute Gasteiger partial charge is 0.254 e. The molecule has 3 rings (SSSR count). The Labute approximate surface area is 126 Å². The molecule has 0 saturated carbocycles. The maximum atomic E-state index is 13.6. The Morgan fingerprint density at radius 2 is 1.86 bits per heavy atom. The average Bonchev–Trinajstić information content (AvgIpc) is 3.02. The maximum Gasteiger partial charge on any atom is 0.254 e. The number of ether oxygens (including phenoxy) is 2. The van der Waals surface area contributed by atoms with Crippen molar-refractivity contribution in [1.82, 2.24) is 10.2 Å². The summed E-state index contributed by atoms with van der Waals surface area (Å²) in [7, 11) is 1.58. The molecular formula is C16H13FN2O3. The van der Waals surface area contributed by atoms with E-state index < -0.39 is 5.82 Å². The molecule has 0 aliphatic heterocycles. The minimum absolute atomic E-state index is 0.0919. The molecule has 1 aromatic heterocycles. The standard InChI is InChI=1S/C16H13FN2O3/c1-20-11-5-4-6-12(9-11)21-10-15-18-19-16(22-15)13-7-2-3-8-14(13)17/h2-9H,10H2,1H3. The van der Waals surface area contributed by atoms with Crippen LogP contribution in [-0.4, -0.2) is 17.3 Å². The molecule has 0 amide bonds. The predicted octanol–water partition coefficient (Wildman–Crippen LogP) is 3.46. The van der Waals surface area contributed by atoms with Crippen molar-refractivity contribution >= 4 is 0 Å². The second-order valence-electron chi connectivity index (χ2n) is 4.45. The number of aromatic nitrogens is 2. The van der Waals surface area contributed by atoms with E-state index in [1.165, 1.54) is 6.07 Å². The van der Waals surface area contributed by atoms with Crippen LogP contribution in [0.3, 0.4) is 0 Å². The van der Waals surface area contributed by atoms with Crippen LogP contribution in [0, 0.1) is 5.82 Å². The fourth-order valence-corrected chi connectivity index (χ4v) is 1.89. The third kappa shape index (κ3) is 3.06. The first kappa shape index (κ1) is 14.1. The van der Waals surface area contributed by atoms with Crippen LogP contribution in [-0.2, 0) is 6.61 Å². The Morgan fingerprint density at radius 1 is 1.05 bits per heavy atom. The monoisotopic (exact) mass is 300 g/mol. The molecule has 1 heterocycles. The van der Waals surface area contributed by atoms with Gasteiger partial charge in [0, 0.05) is 6.07 Å². The van der Waals surface area contributed by atoms with Gasteiger partial charge in [0.2, 0.25) is 0 Å². The average molecular weight is 300 g/mol. The van der Waals surface area contributed by atoms with Crippen molar-refractivity contribution in [3.8, 4) is 23.0 Å². The Morgan fingerprint density at radius 3 is 2.68 bits per heavy atom. The van der Waals surface area contributed by atoms with Crippen molar-refractivity contribution in [1.29, 1.82) is 0 Å². The first-order valence-corrected chi connectivity index (χ1v) is 6.60. The van der Waals surface area contributed by atoms with E-state index in [0.717, 1.165) is 0 Å². The minimum atomic E-state index is -0.411. The van der Waals surface area contributed by atoms with Crippen molar-refractivity contribution < 1.29 is 18.3 Å². The molecule has 0 fully saturated rings. The fraction of sp³-hybridized carbons (Fsp3) is 0.125. The Balaban J connectivity index is 1.71. The van der Waals surface area contributed by atoms with Crippen LogP contribution >= 0.6 is 0 Å². The van der Waals surface area contributed by atoms with Crippen LogP contribution in [0.25, 0.3) is 11.5 Å². The number of hydrogen-bond donors (Lipinski definition) is 0. The third-order valence-corrected chi connectivity index (χ3v) is 2.97. The fourth-order valence-electron chi connectivity index (χ4n) is 1.89. The summed E-state index contributed by atoms with van der Waals surface area (Å²) in [6, 6.07) is 13.4. The molecule has 0 atom stereocenters. The maximum absolute atomic E-state index is 13.6. The van der Waals surface area contributed by atoms with Crippen molar-refractivity contribution in [3.63, 3.8) is 0 Å². The molecule has 0 bridgehead atoms. The quantitative estimate of drug-likeness (QED) is 0.722. The molecule has 3 aromatic rings. The molecule has 0 aliphatic carbocycles. The van der Waals surface area contributed by atoms with Gasteiger partial charge in [-0.1, -0.05) is 18.2 Å². The minimum Gasteiger partial charge on any atom is -0.497 e. The molecule has 112 valence electrons. The Bertz CT molecular complexity index is 773. The van der Waals surface area contributed by atoms with Crippen molar-refractivity contribution in [3.05, 3.63) is 60.2 Å². The van der Waals surface area contributed by atoms with Gasteiger partial charge in [0.15, 0.2) is 6.61 Å². The van der Waals surface area contributed by atoms with Crippen LogP contribution in [0.15, 0.2) is 52.9 Å². The first-order chi connectivity index (χ1) is 10.8. The Kier molecular flexibility index (Phi) is 4.00. The molecule has 22 heavy (non-hydrogen) atoms. The van der Waals surface area contributed by atoms with Crippen molar-refractivity contribution in [2.24, 2.45) is 0 Å². The summed E-state index contributed by atoms with van der Waals surface area (Å²) in [4.78, 5) is 0. The number of hydrogen-bond acceptors (Lipinski definition) is 5. The van der Waals surface area contributed by atoms with Gasteiger partial charge in [-0.2, -0.15) is 0 Å². The highest BCUT2D eigenvalue weighted by Gasteiger charge is 2.12. The number of nitrogens with zero attached hydrogens (tertiary/aromatic N) is 2. The SMILES string of the molecule is COc1cccc(OCc2nnc(-c3ccccc3F)o2)c1. The largest absolute Gasteiger partial charge is 0.497 e. The summed E-state index contributed by atoms with van der Waals surface area (Å²) < 4.78 is 29.7. The second kappa shape index (κ2) is 6.26. The molecule has 5 nitrogen and oxygen atoms in total. The van der Waals surface area contributed by atoms with Gasteiger partial charge in [0.1, 0.15) is 17.3 Å². The normalized spacial score (nSPS) is 10.5. The van der Waals surface area contributed by atoms with Gasteiger partial charge in [-0.3, -0.25) is 0 Å². The summed E-state index contributed by atoms with van der Waals surface area (Å²) in [6.07, 6.45) is 0. The molecule has 0 radical (unpaired) electrons. The van der Waals surface area contributed by atoms with Gasteiger partial charge in [0.25, 0.3) is 11.8 Å².